The molecule has 1 saturated carbocycles. The summed E-state index contributed by atoms with van der Waals surface area (Å²) in [6.45, 7) is -0.384. The minimum atomic E-state index is -4.66. The van der Waals surface area contributed by atoms with Crippen molar-refractivity contribution in [2.24, 2.45) is 0 Å². The van der Waals surface area contributed by atoms with E-state index < -0.39 is 37.8 Å². The van der Waals surface area contributed by atoms with Crippen LogP contribution >= 0.6 is 0 Å². The number of alkyl halides is 3. The van der Waals surface area contributed by atoms with Gasteiger partial charge in [0, 0.05) is 7.05 Å². The number of rotatable bonds is 4. The van der Waals surface area contributed by atoms with Crippen LogP contribution in [0, 0.1) is 11.3 Å². The van der Waals surface area contributed by atoms with Gasteiger partial charge < -0.3 is 5.11 Å². The van der Waals surface area contributed by atoms with Crippen molar-refractivity contribution in [3.05, 3.63) is 29.3 Å². The zero-order chi connectivity index (χ0) is 16.8. The molecule has 22 heavy (non-hydrogen) atoms. The molecule has 1 aromatic carbocycles. The molecule has 120 valence electrons. The smallest absolute Gasteiger partial charge is 0.394 e. The first kappa shape index (κ1) is 16.7. The molecule has 0 radical (unpaired) electrons. The van der Waals surface area contributed by atoms with Crippen molar-refractivity contribution in [3.8, 4) is 6.07 Å². The number of likely N-dealkylation sites (N-methyl/N-ethyl adjacent to an activating group) is 1. The Kier molecular flexibility index (Phi) is 3.97. The van der Waals surface area contributed by atoms with Crippen LogP contribution in [0.4, 0.5) is 13.2 Å². The number of sulfonamides is 1. The standard InChI is InChI=1S/C13H13F3N2O3S/c1-18(12(8-19)4-5-12)22(20,21)11-3-2-10(13(14,15)16)6-9(11)7-17/h2-3,6,19H,4-5,8H2,1H3. The number of aliphatic hydroxyl groups is 1. The Bertz CT molecular complexity index is 734. The molecule has 1 fully saturated rings. The predicted molar refractivity (Wildman–Crippen MR) is 70.2 cm³/mol. The lowest BCUT2D eigenvalue weighted by Gasteiger charge is -2.26. The van der Waals surface area contributed by atoms with Crippen molar-refractivity contribution in [2.75, 3.05) is 13.7 Å². The summed E-state index contributed by atoms with van der Waals surface area (Å²) in [4.78, 5) is -0.495. The van der Waals surface area contributed by atoms with Gasteiger partial charge in [0.15, 0.2) is 0 Å². The van der Waals surface area contributed by atoms with E-state index in [0.29, 0.717) is 25.0 Å². The number of benzene rings is 1. The van der Waals surface area contributed by atoms with Gasteiger partial charge in [-0.15, -0.1) is 0 Å². The second-order valence-electron chi connectivity index (χ2n) is 5.18. The summed E-state index contributed by atoms with van der Waals surface area (Å²) in [5.74, 6) is 0. The molecule has 0 amide bonds. The summed E-state index contributed by atoms with van der Waals surface area (Å²) in [7, 11) is -2.92. The third-order valence-electron chi connectivity index (χ3n) is 3.86. The highest BCUT2D eigenvalue weighted by molar-refractivity contribution is 7.89. The number of aliphatic hydroxyl groups excluding tert-OH is 1. The Labute approximate surface area is 125 Å². The molecule has 0 bridgehead atoms. The van der Waals surface area contributed by atoms with Gasteiger partial charge in [-0.05, 0) is 31.0 Å². The third kappa shape index (κ3) is 2.69. The fourth-order valence-corrected chi connectivity index (χ4v) is 3.81. The number of hydrogen-bond donors (Lipinski definition) is 1. The van der Waals surface area contributed by atoms with Gasteiger partial charge in [0.2, 0.25) is 10.0 Å². The molecular weight excluding hydrogens is 321 g/mol. The second kappa shape index (κ2) is 5.22. The average molecular weight is 334 g/mol. The third-order valence-corrected chi connectivity index (χ3v) is 5.88. The highest BCUT2D eigenvalue weighted by Gasteiger charge is 2.51. The number of hydrogen-bond acceptors (Lipinski definition) is 4. The summed E-state index contributed by atoms with van der Waals surface area (Å²) in [6.07, 6.45) is -3.74. The van der Waals surface area contributed by atoms with Gasteiger partial charge in [-0.25, -0.2) is 8.42 Å². The fourth-order valence-electron chi connectivity index (χ4n) is 2.14. The van der Waals surface area contributed by atoms with Crippen LogP contribution in [0.2, 0.25) is 0 Å². The van der Waals surface area contributed by atoms with Crippen LogP contribution in [0.25, 0.3) is 0 Å². The van der Waals surface area contributed by atoms with Crippen LogP contribution < -0.4 is 0 Å². The Morgan fingerprint density at radius 1 is 1.41 bits per heavy atom. The Balaban J connectivity index is 2.51. The lowest BCUT2D eigenvalue weighted by molar-refractivity contribution is -0.137. The van der Waals surface area contributed by atoms with Crippen molar-refractivity contribution >= 4 is 10.0 Å². The predicted octanol–water partition coefficient (Wildman–Crippen LogP) is 1.72. The Hall–Kier alpha value is -1.63. The topological polar surface area (TPSA) is 81.4 Å². The minimum absolute atomic E-state index is 0.384. The van der Waals surface area contributed by atoms with Crippen LogP contribution in [-0.4, -0.2) is 37.0 Å². The van der Waals surface area contributed by atoms with Crippen LogP contribution in [0.15, 0.2) is 23.1 Å². The largest absolute Gasteiger partial charge is 0.416 e. The lowest BCUT2D eigenvalue weighted by Crippen LogP contribution is -2.41. The monoisotopic (exact) mass is 334 g/mol. The zero-order valence-electron chi connectivity index (χ0n) is 11.6. The van der Waals surface area contributed by atoms with Gasteiger partial charge in [-0.2, -0.15) is 22.7 Å². The minimum Gasteiger partial charge on any atom is -0.394 e. The SMILES string of the molecule is CN(C1(CO)CC1)S(=O)(=O)c1ccc(C(F)(F)F)cc1C#N. The Morgan fingerprint density at radius 2 is 2.00 bits per heavy atom. The molecule has 1 aliphatic carbocycles. The quantitative estimate of drug-likeness (QED) is 0.909. The van der Waals surface area contributed by atoms with E-state index in [1.807, 2.05) is 0 Å². The number of nitriles is 1. The van der Waals surface area contributed by atoms with Crippen molar-refractivity contribution < 1.29 is 26.7 Å². The van der Waals surface area contributed by atoms with E-state index in [1.54, 1.807) is 0 Å². The van der Waals surface area contributed by atoms with Gasteiger partial charge in [0.05, 0.1) is 28.2 Å². The maximum atomic E-state index is 12.6. The van der Waals surface area contributed by atoms with E-state index in [-0.39, 0.29) is 6.61 Å². The van der Waals surface area contributed by atoms with E-state index in [1.165, 1.54) is 13.1 Å². The molecule has 1 aromatic rings. The molecule has 1 N–H and O–H groups in total. The molecule has 0 atom stereocenters. The maximum Gasteiger partial charge on any atom is 0.416 e. The molecule has 1 aliphatic rings. The highest BCUT2D eigenvalue weighted by atomic mass is 32.2. The Morgan fingerprint density at radius 3 is 2.41 bits per heavy atom. The fraction of sp³-hybridized carbons (Fsp3) is 0.462. The molecule has 5 nitrogen and oxygen atoms in total. The van der Waals surface area contributed by atoms with E-state index in [0.717, 1.165) is 10.4 Å². The molecule has 0 aliphatic heterocycles. The summed E-state index contributed by atoms with van der Waals surface area (Å²) < 4.78 is 63.9. The van der Waals surface area contributed by atoms with Crippen LogP contribution in [0.1, 0.15) is 24.0 Å². The van der Waals surface area contributed by atoms with E-state index in [2.05, 4.69) is 0 Å². The molecule has 2 rings (SSSR count). The van der Waals surface area contributed by atoms with Gasteiger partial charge in [0.25, 0.3) is 0 Å². The number of nitrogens with zero attached hydrogens (tertiary/aromatic N) is 2. The van der Waals surface area contributed by atoms with Crippen molar-refractivity contribution in [1.29, 1.82) is 5.26 Å². The molecule has 9 heteroatoms. The lowest BCUT2D eigenvalue weighted by atomic mass is 10.1. The maximum absolute atomic E-state index is 12.6. The van der Waals surface area contributed by atoms with Crippen LogP contribution in [-0.2, 0) is 16.2 Å². The van der Waals surface area contributed by atoms with Gasteiger partial charge in [-0.3, -0.25) is 0 Å². The summed E-state index contributed by atoms with van der Waals surface area (Å²) in [6, 6.07) is 3.41. The van der Waals surface area contributed by atoms with Gasteiger partial charge >= 0.3 is 6.18 Å². The normalized spacial score (nSPS) is 17.3. The molecule has 0 spiro atoms. The zero-order valence-corrected chi connectivity index (χ0v) is 12.4. The second-order valence-corrected chi connectivity index (χ2v) is 7.11. The van der Waals surface area contributed by atoms with E-state index in [9.17, 15) is 26.7 Å². The van der Waals surface area contributed by atoms with Crippen LogP contribution in [0.3, 0.4) is 0 Å². The highest BCUT2D eigenvalue weighted by Crippen LogP contribution is 2.43. The first-order valence-electron chi connectivity index (χ1n) is 6.30. The molecule has 0 saturated heterocycles. The van der Waals surface area contributed by atoms with Crippen molar-refractivity contribution in [1.82, 2.24) is 4.31 Å². The molecule has 0 heterocycles. The van der Waals surface area contributed by atoms with Gasteiger partial charge in [-0.1, -0.05) is 0 Å². The van der Waals surface area contributed by atoms with Crippen molar-refractivity contribution in [2.45, 2.75) is 29.5 Å². The molecule has 0 unspecified atom stereocenters. The first-order valence-corrected chi connectivity index (χ1v) is 7.74. The number of halogens is 3. The summed E-state index contributed by atoms with van der Waals surface area (Å²) in [5.41, 5.74) is -2.58. The van der Waals surface area contributed by atoms with Gasteiger partial charge in [0.1, 0.15) is 6.07 Å². The van der Waals surface area contributed by atoms with Crippen LogP contribution in [0.5, 0.6) is 0 Å². The summed E-state index contributed by atoms with van der Waals surface area (Å²) >= 11 is 0. The molecule has 0 aromatic heterocycles. The molecular formula is C13H13F3N2O3S. The van der Waals surface area contributed by atoms with Crippen molar-refractivity contribution in [3.63, 3.8) is 0 Å². The average Bonchev–Trinajstić information content (AvgIpc) is 3.25. The van der Waals surface area contributed by atoms with E-state index >= 15 is 0 Å². The summed E-state index contributed by atoms with van der Waals surface area (Å²) in [5, 5.41) is 18.3. The van der Waals surface area contributed by atoms with E-state index in [4.69, 9.17) is 5.26 Å². The first-order chi connectivity index (χ1) is 10.1.